The molecule has 0 aromatic heterocycles. The Labute approximate surface area is 122 Å². The summed E-state index contributed by atoms with van der Waals surface area (Å²) in [7, 11) is 1.73. The average Bonchev–Trinajstić information content (AvgIpc) is 2.49. The summed E-state index contributed by atoms with van der Waals surface area (Å²) in [4.78, 5) is 5.00. The van der Waals surface area contributed by atoms with Gasteiger partial charge in [-0.2, -0.15) is 0 Å². The first-order valence-electron chi connectivity index (χ1n) is 7.48. The van der Waals surface area contributed by atoms with Crippen LogP contribution in [0.5, 0.6) is 5.75 Å². The van der Waals surface area contributed by atoms with Gasteiger partial charge in [-0.15, -0.1) is 0 Å². The fourth-order valence-electron chi connectivity index (χ4n) is 2.98. The van der Waals surface area contributed by atoms with Crippen molar-refractivity contribution >= 4 is 0 Å². The lowest BCUT2D eigenvalue weighted by Crippen LogP contribution is -2.50. The molecule has 112 valence electrons. The normalized spacial score (nSPS) is 19.2. The fraction of sp³-hybridized carbons (Fsp3) is 0.625. The molecule has 4 heteroatoms. The molecule has 1 saturated heterocycles. The van der Waals surface area contributed by atoms with E-state index in [4.69, 9.17) is 10.5 Å². The van der Waals surface area contributed by atoms with Gasteiger partial charge in [-0.3, -0.25) is 9.80 Å². The van der Waals surface area contributed by atoms with Crippen molar-refractivity contribution in [3.05, 3.63) is 29.8 Å². The van der Waals surface area contributed by atoms with E-state index in [1.165, 1.54) is 5.56 Å². The van der Waals surface area contributed by atoms with Crippen molar-refractivity contribution in [3.8, 4) is 5.75 Å². The molecule has 1 fully saturated rings. The second-order valence-corrected chi connectivity index (χ2v) is 5.66. The van der Waals surface area contributed by atoms with Gasteiger partial charge in [0.2, 0.25) is 0 Å². The predicted octanol–water partition coefficient (Wildman–Crippen LogP) is 1.72. The summed E-state index contributed by atoms with van der Waals surface area (Å²) in [5, 5.41) is 0. The van der Waals surface area contributed by atoms with E-state index in [1.807, 2.05) is 12.1 Å². The molecule has 20 heavy (non-hydrogen) atoms. The van der Waals surface area contributed by atoms with Gasteiger partial charge in [0.1, 0.15) is 5.75 Å². The van der Waals surface area contributed by atoms with E-state index in [0.717, 1.165) is 31.9 Å². The molecule has 0 radical (unpaired) electrons. The number of nitrogens with two attached hydrogens (primary N) is 1. The van der Waals surface area contributed by atoms with Gasteiger partial charge in [0.15, 0.2) is 0 Å². The number of para-hydroxylation sites is 1. The third-order valence-electron chi connectivity index (χ3n) is 4.24. The van der Waals surface area contributed by atoms with Crippen molar-refractivity contribution in [1.29, 1.82) is 0 Å². The summed E-state index contributed by atoms with van der Waals surface area (Å²) in [6.07, 6.45) is 0. The van der Waals surface area contributed by atoms with Crippen LogP contribution in [0.4, 0.5) is 0 Å². The zero-order valence-electron chi connectivity index (χ0n) is 12.9. The molecule has 4 nitrogen and oxygen atoms in total. The number of benzene rings is 1. The third-order valence-corrected chi connectivity index (χ3v) is 4.24. The Morgan fingerprint density at radius 1 is 1.10 bits per heavy atom. The predicted molar refractivity (Wildman–Crippen MR) is 83.1 cm³/mol. The van der Waals surface area contributed by atoms with E-state index in [0.29, 0.717) is 12.6 Å². The van der Waals surface area contributed by atoms with Crippen LogP contribution in [0.1, 0.15) is 25.5 Å². The van der Waals surface area contributed by atoms with E-state index in [-0.39, 0.29) is 6.04 Å². The van der Waals surface area contributed by atoms with Crippen LogP contribution in [-0.2, 0) is 0 Å². The number of methoxy groups -OCH3 is 1. The summed E-state index contributed by atoms with van der Waals surface area (Å²) in [6, 6.07) is 9.09. The van der Waals surface area contributed by atoms with Crippen LogP contribution in [0.2, 0.25) is 0 Å². The molecule has 2 rings (SSSR count). The first-order chi connectivity index (χ1) is 9.67. The van der Waals surface area contributed by atoms with Crippen LogP contribution in [0.25, 0.3) is 0 Å². The molecule has 1 aliphatic heterocycles. The standard InChI is InChI=1S/C16H27N3O/c1-13(2)18-8-10-19(11-9-18)15(12-17)14-6-4-5-7-16(14)20-3/h4-7,13,15H,8-12,17H2,1-3H3. The van der Waals surface area contributed by atoms with Gasteiger partial charge in [0.05, 0.1) is 13.2 Å². The SMILES string of the molecule is COc1ccccc1C(CN)N1CCN(C(C)C)CC1. The van der Waals surface area contributed by atoms with Gasteiger partial charge in [0.25, 0.3) is 0 Å². The van der Waals surface area contributed by atoms with Crippen LogP contribution in [0.3, 0.4) is 0 Å². The van der Waals surface area contributed by atoms with Gasteiger partial charge in [-0.25, -0.2) is 0 Å². The fourth-order valence-corrected chi connectivity index (χ4v) is 2.98. The van der Waals surface area contributed by atoms with Crippen LogP contribution < -0.4 is 10.5 Å². The van der Waals surface area contributed by atoms with Gasteiger partial charge >= 0.3 is 0 Å². The Morgan fingerprint density at radius 2 is 1.70 bits per heavy atom. The van der Waals surface area contributed by atoms with Gasteiger partial charge in [-0.05, 0) is 19.9 Å². The Bertz CT molecular complexity index is 414. The summed E-state index contributed by atoms with van der Waals surface area (Å²) >= 11 is 0. The first kappa shape index (κ1) is 15.3. The summed E-state index contributed by atoms with van der Waals surface area (Å²) < 4.78 is 5.49. The van der Waals surface area contributed by atoms with Gasteiger partial charge < -0.3 is 10.5 Å². The highest BCUT2D eigenvalue weighted by Crippen LogP contribution is 2.29. The molecule has 1 aromatic rings. The molecule has 1 aromatic carbocycles. The van der Waals surface area contributed by atoms with Crippen LogP contribution in [-0.4, -0.2) is 55.7 Å². The second kappa shape index (κ2) is 7.07. The third kappa shape index (κ3) is 3.32. The Morgan fingerprint density at radius 3 is 2.25 bits per heavy atom. The number of rotatable bonds is 5. The molecule has 0 aliphatic carbocycles. The molecule has 0 bridgehead atoms. The molecule has 1 aliphatic rings. The molecule has 0 amide bonds. The summed E-state index contributed by atoms with van der Waals surface area (Å²) in [6.45, 7) is 9.51. The zero-order valence-corrected chi connectivity index (χ0v) is 12.9. The smallest absolute Gasteiger partial charge is 0.123 e. The van der Waals surface area contributed by atoms with E-state index in [2.05, 4.69) is 35.8 Å². The number of ether oxygens (including phenoxy) is 1. The highest BCUT2D eigenvalue weighted by molar-refractivity contribution is 5.36. The van der Waals surface area contributed by atoms with Crippen molar-refractivity contribution in [3.63, 3.8) is 0 Å². The lowest BCUT2D eigenvalue weighted by molar-refractivity contribution is 0.0794. The molecular formula is C16H27N3O. The van der Waals surface area contributed by atoms with Crippen LogP contribution in [0.15, 0.2) is 24.3 Å². The average molecular weight is 277 g/mol. The number of nitrogens with zero attached hydrogens (tertiary/aromatic N) is 2. The van der Waals surface area contributed by atoms with Crippen LogP contribution in [0, 0.1) is 0 Å². The summed E-state index contributed by atoms with van der Waals surface area (Å²) in [5.41, 5.74) is 7.25. The molecular weight excluding hydrogens is 250 g/mol. The van der Waals surface area contributed by atoms with Crippen molar-refractivity contribution in [2.75, 3.05) is 39.8 Å². The Hall–Kier alpha value is -1.10. The Balaban J connectivity index is 2.09. The van der Waals surface area contributed by atoms with Crippen molar-refractivity contribution in [2.24, 2.45) is 5.73 Å². The largest absolute Gasteiger partial charge is 0.496 e. The molecule has 0 spiro atoms. The first-order valence-corrected chi connectivity index (χ1v) is 7.48. The van der Waals surface area contributed by atoms with E-state index < -0.39 is 0 Å². The zero-order chi connectivity index (χ0) is 14.5. The maximum atomic E-state index is 6.04. The van der Waals surface area contributed by atoms with Crippen molar-refractivity contribution in [2.45, 2.75) is 25.9 Å². The maximum absolute atomic E-state index is 6.04. The minimum absolute atomic E-state index is 0.250. The van der Waals surface area contributed by atoms with E-state index in [9.17, 15) is 0 Å². The molecule has 1 atom stereocenters. The quantitative estimate of drug-likeness (QED) is 0.890. The highest BCUT2D eigenvalue weighted by atomic mass is 16.5. The number of piperazine rings is 1. The van der Waals surface area contributed by atoms with Crippen molar-refractivity contribution in [1.82, 2.24) is 9.80 Å². The lowest BCUT2D eigenvalue weighted by atomic mass is 10.0. The highest BCUT2D eigenvalue weighted by Gasteiger charge is 2.26. The molecule has 2 N–H and O–H groups in total. The minimum Gasteiger partial charge on any atom is -0.496 e. The number of hydrogen-bond donors (Lipinski definition) is 1. The van der Waals surface area contributed by atoms with Crippen LogP contribution >= 0.6 is 0 Å². The number of hydrogen-bond acceptors (Lipinski definition) is 4. The van der Waals surface area contributed by atoms with E-state index in [1.54, 1.807) is 7.11 Å². The van der Waals surface area contributed by atoms with E-state index >= 15 is 0 Å². The molecule has 0 saturated carbocycles. The Kier molecular flexibility index (Phi) is 5.40. The minimum atomic E-state index is 0.250. The topological polar surface area (TPSA) is 41.7 Å². The maximum Gasteiger partial charge on any atom is 0.123 e. The summed E-state index contributed by atoms with van der Waals surface area (Å²) in [5.74, 6) is 0.939. The molecule has 1 heterocycles. The second-order valence-electron chi connectivity index (χ2n) is 5.66. The lowest BCUT2D eigenvalue weighted by Gasteiger charge is -2.40. The van der Waals surface area contributed by atoms with Crippen molar-refractivity contribution < 1.29 is 4.74 Å². The monoisotopic (exact) mass is 277 g/mol. The van der Waals surface area contributed by atoms with Gasteiger partial charge in [-0.1, -0.05) is 18.2 Å². The van der Waals surface area contributed by atoms with Gasteiger partial charge in [0, 0.05) is 44.3 Å². The molecule has 1 unspecified atom stereocenters.